The van der Waals surface area contributed by atoms with Crippen molar-refractivity contribution in [3.05, 3.63) is 70.2 Å². The number of amides is 1. The van der Waals surface area contributed by atoms with E-state index in [-0.39, 0.29) is 13.2 Å². The fraction of sp³-hybridized carbons (Fsp3) is 0.227. The Bertz CT molecular complexity index is 1170. The number of hydrogen-bond acceptors (Lipinski definition) is 6. The lowest BCUT2D eigenvalue weighted by Crippen LogP contribution is -2.28. The lowest BCUT2D eigenvalue weighted by molar-refractivity contribution is -0.120. The molecule has 0 saturated carbocycles. The molecule has 4 rings (SSSR count). The number of fused-ring (bicyclic) bond motifs is 1. The highest BCUT2D eigenvalue weighted by atomic mass is 35.5. The van der Waals surface area contributed by atoms with Crippen LogP contribution in [0.25, 0.3) is 16.2 Å². The molecule has 9 heteroatoms. The van der Waals surface area contributed by atoms with Gasteiger partial charge in [-0.15, -0.1) is 11.3 Å². The molecule has 0 spiro atoms. The molecule has 2 heterocycles. The first-order valence-corrected chi connectivity index (χ1v) is 12.5. The molecule has 0 radical (unpaired) electrons. The van der Waals surface area contributed by atoms with E-state index in [0.717, 1.165) is 15.6 Å². The molecule has 162 valence electrons. The van der Waals surface area contributed by atoms with Gasteiger partial charge in [0.1, 0.15) is 5.75 Å². The first-order valence-electron chi connectivity index (χ1n) is 9.67. The minimum absolute atomic E-state index is 0.279. The summed E-state index contributed by atoms with van der Waals surface area (Å²) in [5.74, 6) is 0.200. The number of benzene rings is 2. The molecule has 0 bridgehead atoms. The molecule has 6 nitrogen and oxygen atoms in total. The second-order valence-corrected chi connectivity index (χ2v) is 10.3. The number of ether oxygens (including phenoxy) is 1. The molecule has 1 aliphatic heterocycles. The van der Waals surface area contributed by atoms with E-state index in [0.29, 0.717) is 22.8 Å². The van der Waals surface area contributed by atoms with Crippen molar-refractivity contribution in [3.8, 4) is 5.75 Å². The summed E-state index contributed by atoms with van der Waals surface area (Å²) in [6.45, 7) is 0.557. The van der Waals surface area contributed by atoms with Crippen LogP contribution in [0.3, 0.4) is 0 Å². The summed E-state index contributed by atoms with van der Waals surface area (Å²) >= 11 is 7.63. The molecule has 1 amide bonds. The van der Waals surface area contributed by atoms with Crippen LogP contribution in [0, 0.1) is 0 Å². The lowest BCUT2D eigenvalue weighted by Gasteiger charge is -2.29. The van der Waals surface area contributed by atoms with Crippen molar-refractivity contribution in [2.45, 2.75) is 12.1 Å². The molecule has 1 unspecified atom stereocenters. The highest BCUT2D eigenvalue weighted by Crippen LogP contribution is 2.63. The zero-order valence-corrected chi connectivity index (χ0v) is 19.2. The van der Waals surface area contributed by atoms with E-state index >= 15 is 0 Å². The monoisotopic (exact) mass is 477 g/mol. The second-order valence-electron chi connectivity index (χ2n) is 6.88. The fourth-order valence-electron chi connectivity index (χ4n) is 3.41. The minimum Gasteiger partial charge on any atom is -0.496 e. The number of hydrogen-bond donors (Lipinski definition) is 1. The normalized spacial score (nSPS) is 17.0. The van der Waals surface area contributed by atoms with Crippen LogP contribution < -0.4 is 10.1 Å². The van der Waals surface area contributed by atoms with E-state index in [1.54, 1.807) is 25.3 Å². The summed E-state index contributed by atoms with van der Waals surface area (Å²) in [5, 5.41) is 5.85. The number of thiophene rings is 1. The molecule has 1 aliphatic rings. The third-order valence-corrected chi connectivity index (χ3v) is 8.33. The van der Waals surface area contributed by atoms with E-state index in [1.807, 2.05) is 35.7 Å². The maximum Gasteiger partial charge on any atom is 0.347 e. The maximum atomic E-state index is 13.6. The van der Waals surface area contributed by atoms with E-state index in [4.69, 9.17) is 25.4 Å². The number of halogens is 1. The third kappa shape index (κ3) is 4.71. The van der Waals surface area contributed by atoms with Crippen molar-refractivity contribution >= 4 is 52.6 Å². The van der Waals surface area contributed by atoms with Crippen LogP contribution in [0.4, 0.5) is 0 Å². The summed E-state index contributed by atoms with van der Waals surface area (Å²) in [4.78, 5) is 13.3. The number of carbonyl (C=O) groups excluding carboxylic acids is 1. The molecule has 31 heavy (non-hydrogen) atoms. The summed E-state index contributed by atoms with van der Waals surface area (Å²) in [6.07, 6.45) is 3.85. The van der Waals surface area contributed by atoms with Crippen molar-refractivity contribution in [2.24, 2.45) is 0 Å². The first kappa shape index (κ1) is 22.1. The zero-order chi connectivity index (χ0) is 21.8. The van der Waals surface area contributed by atoms with Crippen molar-refractivity contribution < 1.29 is 23.1 Å². The minimum atomic E-state index is -3.72. The fourth-order valence-corrected chi connectivity index (χ4v) is 6.71. The number of para-hydroxylation sites is 1. The Hall–Kier alpha value is -2.15. The van der Waals surface area contributed by atoms with Gasteiger partial charge in [0.15, 0.2) is 5.66 Å². The van der Waals surface area contributed by atoms with Gasteiger partial charge >= 0.3 is 7.60 Å². The number of nitrogens with one attached hydrogen (secondary N) is 1. The van der Waals surface area contributed by atoms with Gasteiger partial charge in [-0.05, 0) is 53.1 Å². The number of carbonyl (C=O) groups is 1. The smallest absolute Gasteiger partial charge is 0.347 e. The Balaban J connectivity index is 1.67. The summed E-state index contributed by atoms with van der Waals surface area (Å²) in [6, 6.07) is 12.8. The standard InChI is InChI=1S/C22H21ClNO5PS/c1-27-19-6-3-2-5-15(19)9-10-24-22(25)21(30(26)28-11-4-12-29-30)18-14-31-20-8-7-16(23)13-17(18)20/h2-3,5-10,13-14,21H,4,11-12H2,1H3,(H,24,25)/b10-9+. The van der Waals surface area contributed by atoms with Gasteiger partial charge in [0.05, 0.1) is 20.3 Å². The number of rotatable bonds is 6. The summed E-state index contributed by atoms with van der Waals surface area (Å²) in [5.41, 5.74) is 0.268. The first-order chi connectivity index (χ1) is 15.0. The molecule has 1 atom stereocenters. The third-order valence-electron chi connectivity index (χ3n) is 4.88. The van der Waals surface area contributed by atoms with Gasteiger partial charge in [0.25, 0.3) is 0 Å². The van der Waals surface area contributed by atoms with E-state index < -0.39 is 19.2 Å². The molecule has 1 N–H and O–H groups in total. The van der Waals surface area contributed by atoms with Gasteiger partial charge in [0, 0.05) is 21.5 Å². The predicted octanol–water partition coefficient (Wildman–Crippen LogP) is 6.02. The maximum absolute atomic E-state index is 13.6. The Kier molecular flexibility index (Phi) is 6.80. The van der Waals surface area contributed by atoms with Gasteiger partial charge in [-0.25, -0.2) is 0 Å². The lowest BCUT2D eigenvalue weighted by atomic mass is 10.1. The van der Waals surface area contributed by atoms with E-state index in [2.05, 4.69) is 5.32 Å². The average molecular weight is 478 g/mol. The van der Waals surface area contributed by atoms with E-state index in [9.17, 15) is 9.36 Å². The largest absolute Gasteiger partial charge is 0.496 e. The molecule has 1 saturated heterocycles. The Morgan fingerprint density at radius 3 is 2.81 bits per heavy atom. The van der Waals surface area contributed by atoms with Crippen LogP contribution in [0.15, 0.2) is 54.0 Å². The van der Waals surface area contributed by atoms with Crippen LogP contribution >= 0.6 is 30.5 Å². The van der Waals surface area contributed by atoms with Crippen LogP contribution in [-0.2, 0) is 18.4 Å². The predicted molar refractivity (Wildman–Crippen MR) is 124 cm³/mol. The topological polar surface area (TPSA) is 73.9 Å². The molecule has 1 fully saturated rings. The molecular weight excluding hydrogens is 457 g/mol. The average Bonchev–Trinajstić information content (AvgIpc) is 3.17. The molecular formula is C22H21ClNO5PS. The Labute approximate surface area is 189 Å². The van der Waals surface area contributed by atoms with Crippen LogP contribution in [0.2, 0.25) is 5.02 Å². The van der Waals surface area contributed by atoms with Gasteiger partial charge in [-0.1, -0.05) is 29.8 Å². The SMILES string of the molecule is COc1ccccc1/C=C/NC(=O)C(c1csc2ccc(Cl)cc12)P1(=O)OCCCO1. The van der Waals surface area contributed by atoms with Gasteiger partial charge < -0.3 is 19.1 Å². The summed E-state index contributed by atoms with van der Waals surface area (Å²) < 4.78 is 30.9. The molecule has 0 aliphatic carbocycles. The Morgan fingerprint density at radius 2 is 2.03 bits per heavy atom. The molecule has 3 aromatic rings. The van der Waals surface area contributed by atoms with Gasteiger partial charge in [-0.2, -0.15) is 0 Å². The van der Waals surface area contributed by atoms with Crippen LogP contribution in [0.1, 0.15) is 23.2 Å². The highest BCUT2D eigenvalue weighted by Gasteiger charge is 2.45. The quantitative estimate of drug-likeness (QED) is 0.439. The Morgan fingerprint density at radius 1 is 1.26 bits per heavy atom. The van der Waals surface area contributed by atoms with Crippen molar-refractivity contribution in [3.63, 3.8) is 0 Å². The van der Waals surface area contributed by atoms with Crippen LogP contribution in [0.5, 0.6) is 5.75 Å². The number of methoxy groups -OCH3 is 1. The second kappa shape index (κ2) is 9.55. The van der Waals surface area contributed by atoms with Crippen molar-refractivity contribution in [1.29, 1.82) is 0 Å². The van der Waals surface area contributed by atoms with Gasteiger partial charge in [0.2, 0.25) is 5.91 Å². The molecule has 2 aromatic carbocycles. The highest BCUT2D eigenvalue weighted by molar-refractivity contribution is 7.55. The molecule has 1 aromatic heterocycles. The zero-order valence-electron chi connectivity index (χ0n) is 16.7. The van der Waals surface area contributed by atoms with Crippen molar-refractivity contribution in [2.75, 3.05) is 20.3 Å². The van der Waals surface area contributed by atoms with Crippen LogP contribution in [-0.4, -0.2) is 26.2 Å². The van der Waals surface area contributed by atoms with Crippen molar-refractivity contribution in [1.82, 2.24) is 5.32 Å². The summed E-state index contributed by atoms with van der Waals surface area (Å²) in [7, 11) is -2.14. The van der Waals surface area contributed by atoms with E-state index in [1.165, 1.54) is 17.5 Å². The van der Waals surface area contributed by atoms with Gasteiger partial charge in [-0.3, -0.25) is 9.36 Å².